The summed E-state index contributed by atoms with van der Waals surface area (Å²) in [5, 5.41) is 2.22. The minimum Gasteiger partial charge on any atom is -0.288 e. The number of hydrogen-bond donors (Lipinski definition) is 1. The summed E-state index contributed by atoms with van der Waals surface area (Å²) in [4.78, 5) is 30.8. The Balaban J connectivity index is 2.41. The first-order valence-corrected chi connectivity index (χ1v) is 4.36. The lowest BCUT2D eigenvalue weighted by atomic mass is 10.1. The average Bonchev–Trinajstić information content (AvgIpc) is 2.52. The van der Waals surface area contributed by atoms with E-state index in [1.807, 2.05) is 0 Å². The highest BCUT2D eigenvalue weighted by atomic mass is 16.2. The molecule has 2 heterocycles. The molecule has 1 aromatic heterocycles. The van der Waals surface area contributed by atoms with Crippen LogP contribution >= 0.6 is 0 Å². The predicted molar refractivity (Wildman–Crippen MR) is 51.3 cm³/mol. The fourth-order valence-electron chi connectivity index (χ4n) is 1.62. The number of aromatic nitrogens is 2. The van der Waals surface area contributed by atoms with Gasteiger partial charge in [-0.25, -0.2) is 0 Å². The first-order chi connectivity index (χ1) is 7.25. The third-order valence-corrected chi connectivity index (χ3v) is 2.32. The van der Waals surface area contributed by atoms with E-state index in [9.17, 15) is 9.59 Å². The van der Waals surface area contributed by atoms with Crippen LogP contribution in [0.2, 0.25) is 0 Å². The molecular formula is C10H5N3O2. The topological polar surface area (TPSA) is 72.0 Å². The molecule has 0 radical (unpaired) electrons. The van der Waals surface area contributed by atoms with Gasteiger partial charge < -0.3 is 0 Å². The van der Waals surface area contributed by atoms with E-state index in [-0.39, 0.29) is 11.8 Å². The van der Waals surface area contributed by atoms with E-state index >= 15 is 0 Å². The lowest BCUT2D eigenvalue weighted by molar-refractivity contribution is 0.0879. The number of hydrogen-bond acceptors (Lipinski definition) is 4. The van der Waals surface area contributed by atoms with Gasteiger partial charge in [-0.15, -0.1) is 0 Å². The first kappa shape index (κ1) is 8.05. The van der Waals surface area contributed by atoms with Gasteiger partial charge in [0.1, 0.15) is 0 Å². The molecule has 1 aliphatic rings. The van der Waals surface area contributed by atoms with Crippen LogP contribution in [-0.2, 0) is 0 Å². The number of nitrogens with zero attached hydrogens (tertiary/aromatic N) is 2. The summed E-state index contributed by atoms with van der Waals surface area (Å²) in [6.45, 7) is 0. The van der Waals surface area contributed by atoms with Gasteiger partial charge in [0.2, 0.25) is 0 Å². The van der Waals surface area contributed by atoms with Gasteiger partial charge in [-0.1, -0.05) is 0 Å². The van der Waals surface area contributed by atoms with E-state index in [4.69, 9.17) is 0 Å². The Bertz CT molecular complexity index is 554. The molecule has 72 valence electrons. The zero-order valence-corrected chi connectivity index (χ0v) is 7.52. The van der Waals surface area contributed by atoms with Crippen molar-refractivity contribution in [3.63, 3.8) is 0 Å². The Hall–Kier alpha value is -2.30. The van der Waals surface area contributed by atoms with Crippen molar-refractivity contribution in [3.8, 4) is 0 Å². The first-order valence-electron chi connectivity index (χ1n) is 4.36. The standard InChI is InChI=1S/C10H5N3O2/c14-9-5-3-7-8(12-2-1-11-7)4-6(5)10(15)13-9/h1-4H,(H,13,14,15). The number of amides is 2. The molecule has 0 saturated carbocycles. The normalized spacial score (nSPS) is 14.1. The van der Waals surface area contributed by atoms with Crippen LogP contribution in [0.5, 0.6) is 0 Å². The number of benzene rings is 1. The smallest absolute Gasteiger partial charge is 0.259 e. The van der Waals surface area contributed by atoms with Crippen LogP contribution < -0.4 is 5.32 Å². The molecule has 0 fully saturated rings. The van der Waals surface area contributed by atoms with Crippen LogP contribution in [0, 0.1) is 0 Å². The molecule has 0 saturated heterocycles. The largest absolute Gasteiger partial charge is 0.288 e. The molecule has 3 rings (SSSR count). The zero-order chi connectivity index (χ0) is 10.4. The Kier molecular flexibility index (Phi) is 1.39. The van der Waals surface area contributed by atoms with Gasteiger partial charge in [0.15, 0.2) is 0 Å². The Morgan fingerprint density at radius 1 is 0.867 bits per heavy atom. The molecule has 0 atom stereocenters. The van der Waals surface area contributed by atoms with Gasteiger partial charge in [0.05, 0.1) is 22.2 Å². The molecule has 0 aliphatic carbocycles. The number of carbonyl (C=O) groups excluding carboxylic acids is 2. The van der Waals surface area contributed by atoms with Crippen molar-refractivity contribution in [2.45, 2.75) is 0 Å². The summed E-state index contributed by atoms with van der Waals surface area (Å²) in [7, 11) is 0. The van der Waals surface area contributed by atoms with Crippen molar-refractivity contribution in [3.05, 3.63) is 35.7 Å². The third kappa shape index (κ3) is 1.03. The van der Waals surface area contributed by atoms with Crippen LogP contribution in [0.15, 0.2) is 24.5 Å². The molecule has 0 unspecified atom stereocenters. The fraction of sp³-hybridized carbons (Fsp3) is 0. The molecule has 5 nitrogen and oxygen atoms in total. The maximum absolute atomic E-state index is 11.3. The van der Waals surface area contributed by atoms with E-state index in [0.717, 1.165) is 0 Å². The molecule has 1 aromatic carbocycles. The molecule has 15 heavy (non-hydrogen) atoms. The Morgan fingerprint density at radius 2 is 1.33 bits per heavy atom. The molecule has 2 amide bonds. The highest BCUT2D eigenvalue weighted by Crippen LogP contribution is 2.20. The number of imide groups is 1. The maximum Gasteiger partial charge on any atom is 0.259 e. The van der Waals surface area contributed by atoms with E-state index in [1.54, 1.807) is 24.5 Å². The molecule has 5 heteroatoms. The van der Waals surface area contributed by atoms with Crippen LogP contribution in [-0.4, -0.2) is 21.8 Å². The number of nitrogens with one attached hydrogen (secondary N) is 1. The fourth-order valence-corrected chi connectivity index (χ4v) is 1.62. The van der Waals surface area contributed by atoms with Crippen molar-refractivity contribution < 1.29 is 9.59 Å². The molecule has 2 aromatic rings. The van der Waals surface area contributed by atoms with Crippen LogP contribution in [0.4, 0.5) is 0 Å². The Labute approximate surface area is 84.1 Å². The SMILES string of the molecule is O=C1NC(=O)c2cc3nccnc3cc21. The second-order valence-corrected chi connectivity index (χ2v) is 3.23. The van der Waals surface area contributed by atoms with Gasteiger partial charge in [0, 0.05) is 12.4 Å². The van der Waals surface area contributed by atoms with Gasteiger partial charge >= 0.3 is 0 Å². The lowest BCUT2D eigenvalue weighted by Gasteiger charge is -1.97. The third-order valence-electron chi connectivity index (χ3n) is 2.32. The summed E-state index contributed by atoms with van der Waals surface area (Å²) < 4.78 is 0. The number of rotatable bonds is 0. The zero-order valence-electron chi connectivity index (χ0n) is 7.52. The second kappa shape index (κ2) is 2.60. The van der Waals surface area contributed by atoms with Gasteiger partial charge in [-0.2, -0.15) is 0 Å². The van der Waals surface area contributed by atoms with Gasteiger partial charge in [-0.05, 0) is 12.1 Å². The molecular weight excluding hydrogens is 194 g/mol. The number of carbonyl (C=O) groups is 2. The van der Waals surface area contributed by atoms with Gasteiger partial charge in [-0.3, -0.25) is 24.9 Å². The summed E-state index contributed by atoms with van der Waals surface area (Å²) >= 11 is 0. The van der Waals surface area contributed by atoms with Crippen molar-refractivity contribution in [1.82, 2.24) is 15.3 Å². The molecule has 1 N–H and O–H groups in total. The second-order valence-electron chi connectivity index (χ2n) is 3.23. The van der Waals surface area contributed by atoms with Crippen molar-refractivity contribution in [2.24, 2.45) is 0 Å². The van der Waals surface area contributed by atoms with E-state index in [0.29, 0.717) is 22.2 Å². The average molecular weight is 199 g/mol. The lowest BCUT2D eigenvalue weighted by Crippen LogP contribution is -2.19. The maximum atomic E-state index is 11.3. The summed E-state index contributed by atoms with van der Waals surface area (Å²) in [6, 6.07) is 3.16. The summed E-state index contributed by atoms with van der Waals surface area (Å²) in [5.41, 5.74) is 1.96. The van der Waals surface area contributed by atoms with E-state index in [1.165, 1.54) is 0 Å². The minimum absolute atomic E-state index is 0.369. The van der Waals surface area contributed by atoms with Crippen LogP contribution in [0.3, 0.4) is 0 Å². The van der Waals surface area contributed by atoms with Crippen LogP contribution in [0.25, 0.3) is 11.0 Å². The quantitative estimate of drug-likeness (QED) is 0.627. The van der Waals surface area contributed by atoms with Crippen molar-refractivity contribution >= 4 is 22.8 Å². The van der Waals surface area contributed by atoms with Crippen molar-refractivity contribution in [1.29, 1.82) is 0 Å². The highest BCUT2D eigenvalue weighted by Gasteiger charge is 2.27. The van der Waals surface area contributed by atoms with Crippen LogP contribution in [0.1, 0.15) is 20.7 Å². The van der Waals surface area contributed by atoms with E-state index < -0.39 is 0 Å². The predicted octanol–water partition coefficient (Wildman–Crippen LogP) is 0.513. The van der Waals surface area contributed by atoms with Crippen molar-refractivity contribution in [2.75, 3.05) is 0 Å². The summed E-state index contributed by atoms with van der Waals surface area (Å²) in [6.07, 6.45) is 3.09. The molecule has 0 bridgehead atoms. The monoisotopic (exact) mass is 199 g/mol. The van der Waals surface area contributed by atoms with Gasteiger partial charge in [0.25, 0.3) is 11.8 Å². The Morgan fingerprint density at radius 3 is 1.80 bits per heavy atom. The van der Waals surface area contributed by atoms with E-state index in [2.05, 4.69) is 15.3 Å². The highest BCUT2D eigenvalue weighted by molar-refractivity contribution is 6.22. The molecule has 0 spiro atoms. The number of fused-ring (bicyclic) bond motifs is 2. The summed E-state index contributed by atoms with van der Waals surface area (Å²) in [5.74, 6) is -0.745. The minimum atomic E-state index is -0.373. The molecule has 1 aliphatic heterocycles.